The second kappa shape index (κ2) is 8.83. The molecule has 4 nitrogen and oxygen atoms in total. The molecule has 0 aliphatic carbocycles. The Labute approximate surface area is 179 Å². The first-order valence-corrected chi connectivity index (χ1v) is 11.6. The SMILES string of the molecule is CSc1cccc(C(=O)Nc2sc3c(c2C#N)CC[NH+](Cc2ccccc2)C3)c1. The summed E-state index contributed by atoms with van der Waals surface area (Å²) < 4.78 is 0. The number of rotatable bonds is 5. The number of hydrogen-bond acceptors (Lipinski definition) is 4. The van der Waals surface area contributed by atoms with Crippen molar-refractivity contribution < 1.29 is 9.69 Å². The average molecular weight is 421 g/mol. The maximum atomic E-state index is 12.7. The van der Waals surface area contributed by atoms with Crippen molar-refractivity contribution in [3.63, 3.8) is 0 Å². The van der Waals surface area contributed by atoms with Crippen LogP contribution in [0.1, 0.15) is 31.9 Å². The molecule has 6 heteroatoms. The molecule has 1 aliphatic heterocycles. The zero-order valence-corrected chi connectivity index (χ0v) is 17.8. The molecule has 1 unspecified atom stereocenters. The van der Waals surface area contributed by atoms with Gasteiger partial charge in [-0.3, -0.25) is 4.79 Å². The highest BCUT2D eigenvalue weighted by Crippen LogP contribution is 2.34. The molecule has 0 bridgehead atoms. The van der Waals surface area contributed by atoms with Crippen LogP contribution in [-0.2, 0) is 19.5 Å². The van der Waals surface area contributed by atoms with E-state index < -0.39 is 0 Å². The van der Waals surface area contributed by atoms with Crippen LogP contribution in [0, 0.1) is 11.3 Å². The van der Waals surface area contributed by atoms with E-state index >= 15 is 0 Å². The van der Waals surface area contributed by atoms with E-state index in [9.17, 15) is 10.1 Å². The Bertz CT molecular complexity index is 1070. The first kappa shape index (κ1) is 19.7. The number of thioether (sulfide) groups is 1. The molecule has 3 aromatic rings. The summed E-state index contributed by atoms with van der Waals surface area (Å²) in [5, 5.41) is 13.4. The van der Waals surface area contributed by atoms with E-state index in [1.54, 1.807) is 29.2 Å². The lowest BCUT2D eigenvalue weighted by Crippen LogP contribution is -3.10. The summed E-state index contributed by atoms with van der Waals surface area (Å²) in [5.41, 5.74) is 3.69. The lowest BCUT2D eigenvalue weighted by atomic mass is 10.0. The van der Waals surface area contributed by atoms with Gasteiger partial charge in [-0.05, 0) is 30.0 Å². The van der Waals surface area contributed by atoms with E-state index in [1.807, 2.05) is 30.5 Å². The van der Waals surface area contributed by atoms with Gasteiger partial charge in [-0.15, -0.1) is 23.1 Å². The van der Waals surface area contributed by atoms with Crippen molar-refractivity contribution in [1.82, 2.24) is 0 Å². The van der Waals surface area contributed by atoms with Crippen molar-refractivity contribution in [2.24, 2.45) is 0 Å². The van der Waals surface area contributed by atoms with Crippen LogP contribution in [0.2, 0.25) is 0 Å². The standard InChI is InChI=1S/C23H21N3OS2/c1-28-18-9-5-8-17(12-18)22(27)25-23-20(13-24)19-10-11-26(15-21(19)29-23)14-16-6-3-2-4-7-16/h2-9,12H,10-11,14-15H2,1H3,(H,25,27)/p+1. The summed E-state index contributed by atoms with van der Waals surface area (Å²) in [6.07, 6.45) is 2.86. The molecule has 1 amide bonds. The lowest BCUT2D eigenvalue weighted by Gasteiger charge is -2.23. The number of nitriles is 1. The molecule has 0 saturated carbocycles. The largest absolute Gasteiger partial charge is 0.326 e. The van der Waals surface area contributed by atoms with Crippen LogP contribution in [0.15, 0.2) is 59.5 Å². The van der Waals surface area contributed by atoms with Gasteiger partial charge in [0.15, 0.2) is 0 Å². The topological polar surface area (TPSA) is 57.3 Å². The molecule has 4 rings (SSSR count). The maximum Gasteiger partial charge on any atom is 0.256 e. The van der Waals surface area contributed by atoms with E-state index in [-0.39, 0.29) is 5.91 Å². The number of carbonyl (C=O) groups is 1. The zero-order chi connectivity index (χ0) is 20.2. The molecular formula is C23H22N3OS2+. The number of benzene rings is 2. The number of quaternary nitrogens is 1. The summed E-state index contributed by atoms with van der Waals surface area (Å²) in [7, 11) is 0. The van der Waals surface area contributed by atoms with Gasteiger partial charge in [0.05, 0.1) is 17.0 Å². The van der Waals surface area contributed by atoms with Crippen LogP contribution in [0.5, 0.6) is 0 Å². The van der Waals surface area contributed by atoms with Crippen LogP contribution in [-0.4, -0.2) is 18.7 Å². The van der Waals surface area contributed by atoms with Crippen molar-refractivity contribution in [3.8, 4) is 6.07 Å². The highest BCUT2D eigenvalue weighted by Gasteiger charge is 2.27. The summed E-state index contributed by atoms with van der Waals surface area (Å²) >= 11 is 3.16. The molecule has 1 aliphatic rings. The van der Waals surface area contributed by atoms with Gasteiger partial charge in [0.2, 0.25) is 0 Å². The Morgan fingerprint density at radius 1 is 1.24 bits per heavy atom. The van der Waals surface area contributed by atoms with Crippen LogP contribution >= 0.6 is 23.1 Å². The number of hydrogen-bond donors (Lipinski definition) is 2. The van der Waals surface area contributed by atoms with Gasteiger partial charge in [-0.1, -0.05) is 36.4 Å². The van der Waals surface area contributed by atoms with E-state index in [4.69, 9.17) is 0 Å². The van der Waals surface area contributed by atoms with Crippen molar-refractivity contribution in [2.45, 2.75) is 24.4 Å². The fourth-order valence-electron chi connectivity index (χ4n) is 3.72. The van der Waals surface area contributed by atoms with Gasteiger partial charge in [0.1, 0.15) is 24.2 Å². The second-order valence-corrected chi connectivity index (χ2v) is 9.08. The molecule has 29 heavy (non-hydrogen) atoms. The lowest BCUT2D eigenvalue weighted by molar-refractivity contribution is -0.929. The average Bonchev–Trinajstić information content (AvgIpc) is 3.10. The zero-order valence-electron chi connectivity index (χ0n) is 16.2. The number of amides is 1. The molecule has 2 aromatic carbocycles. The molecule has 2 N–H and O–H groups in total. The minimum atomic E-state index is -0.163. The molecule has 0 radical (unpaired) electrons. The normalized spacial score (nSPS) is 15.4. The van der Waals surface area contributed by atoms with E-state index in [2.05, 4.69) is 35.7 Å². The molecule has 0 spiro atoms. The summed E-state index contributed by atoms with van der Waals surface area (Å²) in [4.78, 5) is 16.5. The number of nitrogens with one attached hydrogen (secondary N) is 2. The van der Waals surface area contributed by atoms with Gasteiger partial charge in [0, 0.05) is 22.4 Å². The van der Waals surface area contributed by atoms with E-state index in [0.29, 0.717) is 16.1 Å². The third-order valence-corrected chi connectivity index (χ3v) is 7.07. The molecule has 0 fully saturated rings. The second-order valence-electron chi connectivity index (χ2n) is 7.09. The Balaban J connectivity index is 1.53. The Morgan fingerprint density at radius 2 is 2.07 bits per heavy atom. The highest BCUT2D eigenvalue weighted by atomic mass is 32.2. The van der Waals surface area contributed by atoms with Gasteiger partial charge in [-0.25, -0.2) is 0 Å². The smallest absolute Gasteiger partial charge is 0.256 e. The summed E-state index contributed by atoms with van der Waals surface area (Å²) in [6, 6.07) is 20.4. The van der Waals surface area contributed by atoms with Crippen molar-refractivity contribution in [2.75, 3.05) is 18.1 Å². The number of carbonyl (C=O) groups excluding carboxylic acids is 1. The monoisotopic (exact) mass is 420 g/mol. The third kappa shape index (κ3) is 4.38. The predicted octanol–water partition coefficient (Wildman–Crippen LogP) is 3.74. The van der Waals surface area contributed by atoms with Crippen molar-refractivity contribution in [3.05, 3.63) is 81.7 Å². The first-order valence-electron chi connectivity index (χ1n) is 9.55. The molecule has 1 atom stereocenters. The van der Waals surface area contributed by atoms with Crippen molar-refractivity contribution >= 4 is 34.0 Å². The molecule has 146 valence electrons. The quantitative estimate of drug-likeness (QED) is 0.619. The Hall–Kier alpha value is -2.59. The summed E-state index contributed by atoms with van der Waals surface area (Å²) in [6.45, 7) is 2.86. The number of anilines is 1. The van der Waals surface area contributed by atoms with Crippen LogP contribution < -0.4 is 10.2 Å². The number of fused-ring (bicyclic) bond motifs is 1. The molecular weight excluding hydrogens is 398 g/mol. The molecule has 1 aromatic heterocycles. The minimum absolute atomic E-state index is 0.163. The first-order chi connectivity index (χ1) is 14.2. The Morgan fingerprint density at radius 3 is 2.83 bits per heavy atom. The van der Waals surface area contributed by atoms with Gasteiger partial charge >= 0.3 is 0 Å². The van der Waals surface area contributed by atoms with Gasteiger partial charge in [-0.2, -0.15) is 5.26 Å². The van der Waals surface area contributed by atoms with Crippen LogP contribution in [0.3, 0.4) is 0 Å². The van der Waals surface area contributed by atoms with E-state index in [0.717, 1.165) is 36.5 Å². The number of thiophene rings is 1. The molecule has 2 heterocycles. The highest BCUT2D eigenvalue weighted by molar-refractivity contribution is 7.98. The number of nitrogens with zero attached hydrogens (tertiary/aromatic N) is 1. The summed E-state index contributed by atoms with van der Waals surface area (Å²) in [5.74, 6) is -0.163. The van der Waals surface area contributed by atoms with Gasteiger partial charge < -0.3 is 10.2 Å². The molecule has 0 saturated heterocycles. The van der Waals surface area contributed by atoms with Crippen LogP contribution in [0.4, 0.5) is 5.00 Å². The minimum Gasteiger partial charge on any atom is -0.326 e. The predicted molar refractivity (Wildman–Crippen MR) is 119 cm³/mol. The fraction of sp³-hybridized carbons (Fsp3) is 0.217. The Kier molecular flexibility index (Phi) is 6.00. The fourth-order valence-corrected chi connectivity index (χ4v) is 5.44. The van der Waals surface area contributed by atoms with E-state index in [1.165, 1.54) is 15.3 Å². The van der Waals surface area contributed by atoms with Crippen molar-refractivity contribution in [1.29, 1.82) is 5.26 Å². The third-order valence-electron chi connectivity index (χ3n) is 5.20. The van der Waals surface area contributed by atoms with Gasteiger partial charge in [0.25, 0.3) is 5.91 Å². The van der Waals surface area contributed by atoms with Crippen LogP contribution in [0.25, 0.3) is 0 Å². The maximum absolute atomic E-state index is 12.7.